The van der Waals surface area contributed by atoms with Gasteiger partial charge in [-0.25, -0.2) is 0 Å². The molecule has 0 spiro atoms. The molecule has 70 valence electrons. The number of benzene rings is 1. The van der Waals surface area contributed by atoms with Crippen LogP contribution >= 0.6 is 0 Å². The van der Waals surface area contributed by atoms with Crippen molar-refractivity contribution in [2.75, 3.05) is 7.11 Å². The van der Waals surface area contributed by atoms with Crippen LogP contribution in [0.2, 0.25) is 0 Å². The maximum absolute atomic E-state index is 5.08. The zero-order valence-corrected chi connectivity index (χ0v) is 7.92. The third-order valence-corrected chi connectivity index (χ3v) is 2.00. The summed E-state index contributed by atoms with van der Waals surface area (Å²) in [4.78, 5) is 3.96. The van der Waals surface area contributed by atoms with Crippen LogP contribution in [0.5, 0.6) is 5.75 Å². The summed E-state index contributed by atoms with van der Waals surface area (Å²) in [5, 5.41) is 0. The predicted molar refractivity (Wildman–Crippen MR) is 52.3 cm³/mol. The standard InChI is InChI=1S/C11H11N2O/c1-14-11-4-2-10(3-5-11)13-8-6-12-7-9-13/h2-9H,1H3/q+1. The molecule has 0 saturated heterocycles. The molecule has 1 aromatic heterocycles. The molecule has 0 atom stereocenters. The third-order valence-electron chi connectivity index (χ3n) is 2.00. The summed E-state index contributed by atoms with van der Waals surface area (Å²) in [7, 11) is 1.66. The average Bonchev–Trinajstić information content (AvgIpc) is 2.30. The van der Waals surface area contributed by atoms with Gasteiger partial charge in [-0.3, -0.25) is 4.98 Å². The predicted octanol–water partition coefficient (Wildman–Crippen LogP) is 1.37. The Balaban J connectivity index is 2.34. The molecular weight excluding hydrogens is 176 g/mol. The molecule has 0 fully saturated rings. The fraction of sp³-hybridized carbons (Fsp3) is 0.0909. The van der Waals surface area contributed by atoms with Crippen LogP contribution in [0.3, 0.4) is 0 Å². The Labute approximate surface area is 82.6 Å². The van der Waals surface area contributed by atoms with Crippen molar-refractivity contribution >= 4 is 0 Å². The fourth-order valence-electron chi connectivity index (χ4n) is 1.25. The van der Waals surface area contributed by atoms with E-state index in [2.05, 4.69) is 4.98 Å². The van der Waals surface area contributed by atoms with Gasteiger partial charge in [0, 0.05) is 12.1 Å². The summed E-state index contributed by atoms with van der Waals surface area (Å²) in [6, 6.07) is 7.86. The molecule has 2 aromatic rings. The summed E-state index contributed by atoms with van der Waals surface area (Å²) in [6.45, 7) is 0. The molecule has 3 heteroatoms. The van der Waals surface area contributed by atoms with Crippen molar-refractivity contribution in [1.29, 1.82) is 0 Å². The SMILES string of the molecule is COc1ccc(-[n+]2ccncc2)cc1. The minimum absolute atomic E-state index is 0.864. The second-order valence-corrected chi connectivity index (χ2v) is 2.85. The lowest BCUT2D eigenvalue weighted by atomic mass is 10.3. The Morgan fingerprint density at radius 1 is 1.07 bits per heavy atom. The molecule has 14 heavy (non-hydrogen) atoms. The van der Waals surface area contributed by atoms with E-state index in [0.29, 0.717) is 0 Å². The van der Waals surface area contributed by atoms with Crippen molar-refractivity contribution in [3.8, 4) is 11.4 Å². The highest BCUT2D eigenvalue weighted by molar-refractivity contribution is 5.31. The zero-order valence-electron chi connectivity index (χ0n) is 7.92. The van der Waals surface area contributed by atoms with Crippen LogP contribution in [0, 0.1) is 0 Å². The number of rotatable bonds is 2. The lowest BCUT2D eigenvalue weighted by Crippen LogP contribution is -2.29. The number of nitrogens with zero attached hydrogens (tertiary/aromatic N) is 2. The topological polar surface area (TPSA) is 26.0 Å². The van der Waals surface area contributed by atoms with Gasteiger partial charge >= 0.3 is 0 Å². The first-order valence-corrected chi connectivity index (χ1v) is 4.36. The Bertz CT molecular complexity index is 397. The van der Waals surface area contributed by atoms with Gasteiger partial charge in [0.1, 0.15) is 5.75 Å². The molecule has 0 aliphatic rings. The molecule has 0 N–H and O–H groups in total. The minimum Gasteiger partial charge on any atom is -0.497 e. The average molecular weight is 187 g/mol. The van der Waals surface area contributed by atoms with E-state index in [1.165, 1.54) is 0 Å². The monoisotopic (exact) mass is 187 g/mol. The van der Waals surface area contributed by atoms with Crippen LogP contribution in [0.25, 0.3) is 5.69 Å². The van der Waals surface area contributed by atoms with Crippen LogP contribution in [-0.2, 0) is 0 Å². The second kappa shape index (κ2) is 3.87. The van der Waals surface area contributed by atoms with Gasteiger partial charge in [0.05, 0.1) is 19.5 Å². The van der Waals surface area contributed by atoms with Crippen molar-refractivity contribution in [2.24, 2.45) is 0 Å². The molecule has 0 unspecified atom stereocenters. The van der Waals surface area contributed by atoms with E-state index in [0.717, 1.165) is 11.4 Å². The summed E-state index contributed by atoms with van der Waals surface area (Å²) < 4.78 is 7.08. The fourth-order valence-corrected chi connectivity index (χ4v) is 1.25. The highest BCUT2D eigenvalue weighted by atomic mass is 16.5. The first-order chi connectivity index (χ1) is 6.90. The van der Waals surface area contributed by atoms with Gasteiger partial charge in [-0.1, -0.05) is 0 Å². The maximum atomic E-state index is 5.08. The third kappa shape index (κ3) is 1.71. The number of methoxy groups -OCH3 is 1. The van der Waals surface area contributed by atoms with E-state index in [4.69, 9.17) is 4.74 Å². The van der Waals surface area contributed by atoms with Gasteiger partial charge in [0.15, 0.2) is 12.4 Å². The van der Waals surface area contributed by atoms with E-state index in [-0.39, 0.29) is 0 Å². The molecule has 2 rings (SSSR count). The lowest BCUT2D eigenvalue weighted by molar-refractivity contribution is -0.596. The van der Waals surface area contributed by atoms with Gasteiger partial charge in [0.2, 0.25) is 5.69 Å². The van der Waals surface area contributed by atoms with Crippen LogP contribution in [0.1, 0.15) is 0 Å². The van der Waals surface area contributed by atoms with Crippen molar-refractivity contribution in [1.82, 2.24) is 4.98 Å². The van der Waals surface area contributed by atoms with Crippen LogP contribution in [0.4, 0.5) is 0 Å². The van der Waals surface area contributed by atoms with E-state index in [1.54, 1.807) is 19.5 Å². The molecular formula is C11H11N2O+. The Kier molecular flexibility index (Phi) is 2.40. The quantitative estimate of drug-likeness (QED) is 0.663. The van der Waals surface area contributed by atoms with Crippen molar-refractivity contribution in [3.05, 3.63) is 49.1 Å². The Hall–Kier alpha value is -1.90. The van der Waals surface area contributed by atoms with Gasteiger partial charge in [0.25, 0.3) is 0 Å². The number of aromatic nitrogens is 2. The van der Waals surface area contributed by atoms with E-state index in [1.807, 2.05) is 41.2 Å². The molecule has 0 saturated carbocycles. The lowest BCUT2D eigenvalue weighted by Gasteiger charge is -1.98. The smallest absolute Gasteiger partial charge is 0.210 e. The normalized spacial score (nSPS) is 9.79. The highest BCUT2D eigenvalue weighted by Gasteiger charge is 2.03. The van der Waals surface area contributed by atoms with Crippen LogP contribution in [-0.4, -0.2) is 12.1 Å². The molecule has 3 nitrogen and oxygen atoms in total. The summed E-state index contributed by atoms with van der Waals surface area (Å²) in [6.07, 6.45) is 7.32. The van der Waals surface area contributed by atoms with Gasteiger partial charge in [-0.2, -0.15) is 4.57 Å². The first kappa shape index (κ1) is 8.69. The number of hydrogen-bond acceptors (Lipinski definition) is 2. The van der Waals surface area contributed by atoms with Gasteiger partial charge in [-0.05, 0) is 12.1 Å². The van der Waals surface area contributed by atoms with Crippen LogP contribution < -0.4 is 9.30 Å². The largest absolute Gasteiger partial charge is 0.497 e. The molecule has 1 heterocycles. The molecule has 0 bridgehead atoms. The zero-order chi connectivity index (χ0) is 9.80. The van der Waals surface area contributed by atoms with E-state index < -0.39 is 0 Å². The van der Waals surface area contributed by atoms with Crippen molar-refractivity contribution in [3.63, 3.8) is 0 Å². The van der Waals surface area contributed by atoms with Gasteiger partial charge in [-0.15, -0.1) is 0 Å². The minimum atomic E-state index is 0.864. The molecule has 1 aromatic carbocycles. The summed E-state index contributed by atoms with van der Waals surface area (Å²) >= 11 is 0. The molecule has 0 amide bonds. The van der Waals surface area contributed by atoms with Gasteiger partial charge < -0.3 is 4.74 Å². The summed E-state index contributed by atoms with van der Waals surface area (Å²) in [5.41, 5.74) is 1.09. The highest BCUT2D eigenvalue weighted by Crippen LogP contribution is 2.10. The number of hydrogen-bond donors (Lipinski definition) is 0. The number of ether oxygens (including phenoxy) is 1. The summed E-state index contributed by atoms with van der Waals surface area (Å²) in [5.74, 6) is 0.864. The van der Waals surface area contributed by atoms with Crippen LogP contribution in [0.15, 0.2) is 49.1 Å². The van der Waals surface area contributed by atoms with Crippen molar-refractivity contribution < 1.29 is 9.30 Å². The molecule has 0 radical (unpaired) electrons. The van der Waals surface area contributed by atoms with E-state index >= 15 is 0 Å². The first-order valence-electron chi connectivity index (χ1n) is 4.36. The Morgan fingerprint density at radius 2 is 1.71 bits per heavy atom. The molecule has 0 aliphatic carbocycles. The Morgan fingerprint density at radius 3 is 2.29 bits per heavy atom. The van der Waals surface area contributed by atoms with Crippen molar-refractivity contribution in [2.45, 2.75) is 0 Å². The molecule has 0 aliphatic heterocycles. The van der Waals surface area contributed by atoms with E-state index in [9.17, 15) is 0 Å². The maximum Gasteiger partial charge on any atom is 0.210 e. The second-order valence-electron chi connectivity index (χ2n) is 2.85.